The molecule has 2 N–H and O–H groups in total. The van der Waals surface area contributed by atoms with Crippen molar-refractivity contribution in [2.24, 2.45) is 0 Å². The molecule has 0 aliphatic rings. The van der Waals surface area contributed by atoms with E-state index in [0.29, 0.717) is 5.95 Å². The molecule has 1 aromatic rings. The number of carbonyl (C=O) groups excluding carboxylic acids is 1. The quantitative estimate of drug-likeness (QED) is 0.617. The number of anilines is 1. The van der Waals surface area contributed by atoms with Gasteiger partial charge in [-0.15, -0.1) is 0 Å². The Morgan fingerprint density at radius 2 is 2.64 bits per heavy atom. The second-order valence-electron chi connectivity index (χ2n) is 1.93. The topological polar surface area (TPSA) is 57.8 Å². The van der Waals surface area contributed by atoms with Crippen molar-refractivity contribution in [3.05, 3.63) is 24.5 Å². The van der Waals surface area contributed by atoms with E-state index in [2.05, 4.69) is 15.3 Å². The zero-order valence-corrected chi connectivity index (χ0v) is 6.16. The van der Waals surface area contributed by atoms with Gasteiger partial charge in [0, 0.05) is 12.4 Å². The number of rotatable bonds is 2. The first-order valence-corrected chi connectivity index (χ1v) is 3.26. The van der Waals surface area contributed by atoms with Gasteiger partial charge in [0.05, 0.1) is 0 Å². The molecule has 0 fully saturated rings. The van der Waals surface area contributed by atoms with Crippen LogP contribution >= 0.6 is 0 Å². The van der Waals surface area contributed by atoms with E-state index in [1.54, 1.807) is 25.4 Å². The van der Waals surface area contributed by atoms with Gasteiger partial charge in [0.2, 0.25) is 11.9 Å². The third-order valence-electron chi connectivity index (χ3n) is 1.06. The maximum Gasteiger partial charge on any atom is 0.250 e. The van der Waals surface area contributed by atoms with Gasteiger partial charge in [0.15, 0.2) is 0 Å². The molecule has 0 spiro atoms. The maximum absolute atomic E-state index is 10.9. The summed E-state index contributed by atoms with van der Waals surface area (Å²) >= 11 is 0. The van der Waals surface area contributed by atoms with E-state index in [4.69, 9.17) is 0 Å². The number of nitrogens with one attached hydrogen (secondary N) is 2. The molecule has 1 amide bonds. The summed E-state index contributed by atoms with van der Waals surface area (Å²) in [6.07, 6.45) is 6.32. The molecular formula is C7H9N3O. The van der Waals surface area contributed by atoms with Crippen LogP contribution in [0.1, 0.15) is 6.92 Å². The third kappa shape index (κ3) is 2.25. The van der Waals surface area contributed by atoms with Crippen LogP contribution in [-0.2, 0) is 4.79 Å². The summed E-state index contributed by atoms with van der Waals surface area (Å²) < 4.78 is 0. The standard InChI is InChI=1S/C7H9N3O/c1-2-3-6(11)10-7-8-4-5-9-7/h2-5H,1H3,(H2,8,9,10,11). The zero-order valence-electron chi connectivity index (χ0n) is 6.16. The normalized spacial score (nSPS) is 10.3. The molecule has 0 atom stereocenters. The number of H-pyrrole nitrogens is 1. The van der Waals surface area contributed by atoms with Crippen molar-refractivity contribution < 1.29 is 4.79 Å². The fourth-order valence-electron chi connectivity index (χ4n) is 0.643. The van der Waals surface area contributed by atoms with Crippen LogP contribution in [0.2, 0.25) is 0 Å². The Kier molecular flexibility index (Phi) is 2.43. The minimum Gasteiger partial charge on any atom is -0.331 e. The molecule has 1 heterocycles. The Balaban J connectivity index is 2.50. The predicted octanol–water partition coefficient (Wildman–Crippen LogP) is 0.924. The Bertz CT molecular complexity index is 251. The van der Waals surface area contributed by atoms with Crippen molar-refractivity contribution >= 4 is 11.9 Å². The lowest BCUT2D eigenvalue weighted by Crippen LogP contribution is -2.08. The molecule has 58 valence electrons. The molecule has 0 bridgehead atoms. The van der Waals surface area contributed by atoms with Crippen LogP contribution in [0.5, 0.6) is 0 Å². The predicted molar refractivity (Wildman–Crippen MR) is 42.0 cm³/mol. The van der Waals surface area contributed by atoms with Crippen molar-refractivity contribution in [1.82, 2.24) is 9.97 Å². The number of hydrogen-bond donors (Lipinski definition) is 2. The van der Waals surface area contributed by atoms with Crippen LogP contribution in [0.15, 0.2) is 24.5 Å². The van der Waals surface area contributed by atoms with E-state index in [1.807, 2.05) is 0 Å². The molecule has 4 heteroatoms. The Morgan fingerprint density at radius 1 is 1.82 bits per heavy atom. The number of nitrogens with zero attached hydrogens (tertiary/aromatic N) is 1. The van der Waals surface area contributed by atoms with Gasteiger partial charge in [-0.1, -0.05) is 6.08 Å². The highest BCUT2D eigenvalue weighted by molar-refractivity contribution is 5.97. The Morgan fingerprint density at radius 3 is 3.18 bits per heavy atom. The molecular weight excluding hydrogens is 142 g/mol. The first-order chi connectivity index (χ1) is 5.33. The summed E-state index contributed by atoms with van der Waals surface area (Å²) in [7, 11) is 0. The average molecular weight is 151 g/mol. The molecule has 0 aromatic carbocycles. The number of aromatic amines is 1. The van der Waals surface area contributed by atoms with Crippen LogP contribution < -0.4 is 5.32 Å². The molecule has 0 aliphatic carbocycles. The van der Waals surface area contributed by atoms with E-state index < -0.39 is 0 Å². The highest BCUT2D eigenvalue weighted by Gasteiger charge is 1.96. The second kappa shape index (κ2) is 3.55. The lowest BCUT2D eigenvalue weighted by molar-refractivity contribution is -0.111. The highest BCUT2D eigenvalue weighted by atomic mass is 16.1. The monoisotopic (exact) mass is 151 g/mol. The molecule has 1 aromatic heterocycles. The van der Waals surface area contributed by atoms with Crippen LogP contribution in [0.3, 0.4) is 0 Å². The lowest BCUT2D eigenvalue weighted by atomic mass is 10.5. The molecule has 4 nitrogen and oxygen atoms in total. The highest BCUT2D eigenvalue weighted by Crippen LogP contribution is 1.94. The van der Waals surface area contributed by atoms with Gasteiger partial charge in [0.25, 0.3) is 0 Å². The van der Waals surface area contributed by atoms with Gasteiger partial charge >= 0.3 is 0 Å². The van der Waals surface area contributed by atoms with Gasteiger partial charge in [-0.3, -0.25) is 10.1 Å². The first kappa shape index (κ1) is 7.53. The fourth-order valence-corrected chi connectivity index (χ4v) is 0.643. The fraction of sp³-hybridized carbons (Fsp3) is 0.143. The van der Waals surface area contributed by atoms with E-state index in [0.717, 1.165) is 0 Å². The largest absolute Gasteiger partial charge is 0.331 e. The Hall–Kier alpha value is -1.58. The number of aromatic nitrogens is 2. The molecule has 0 radical (unpaired) electrons. The van der Waals surface area contributed by atoms with Gasteiger partial charge in [-0.2, -0.15) is 0 Å². The van der Waals surface area contributed by atoms with Crippen LogP contribution in [-0.4, -0.2) is 15.9 Å². The minimum absolute atomic E-state index is 0.178. The van der Waals surface area contributed by atoms with Crippen LogP contribution in [0.25, 0.3) is 0 Å². The molecule has 0 unspecified atom stereocenters. The zero-order chi connectivity index (χ0) is 8.10. The molecule has 1 rings (SSSR count). The number of hydrogen-bond acceptors (Lipinski definition) is 2. The van der Waals surface area contributed by atoms with Crippen molar-refractivity contribution in [2.45, 2.75) is 6.92 Å². The number of carbonyl (C=O) groups is 1. The molecule has 0 saturated heterocycles. The summed E-state index contributed by atoms with van der Waals surface area (Å²) in [5, 5.41) is 2.53. The second-order valence-corrected chi connectivity index (χ2v) is 1.93. The maximum atomic E-state index is 10.9. The number of amides is 1. The van der Waals surface area contributed by atoms with E-state index >= 15 is 0 Å². The van der Waals surface area contributed by atoms with E-state index in [-0.39, 0.29) is 5.91 Å². The third-order valence-corrected chi connectivity index (χ3v) is 1.06. The van der Waals surface area contributed by atoms with Gasteiger partial charge in [-0.05, 0) is 13.0 Å². The molecule has 11 heavy (non-hydrogen) atoms. The first-order valence-electron chi connectivity index (χ1n) is 3.26. The van der Waals surface area contributed by atoms with Crippen molar-refractivity contribution in [3.63, 3.8) is 0 Å². The van der Waals surface area contributed by atoms with Crippen LogP contribution in [0, 0.1) is 0 Å². The van der Waals surface area contributed by atoms with Gasteiger partial charge < -0.3 is 4.98 Å². The van der Waals surface area contributed by atoms with E-state index in [1.165, 1.54) is 6.08 Å². The van der Waals surface area contributed by atoms with Crippen molar-refractivity contribution in [3.8, 4) is 0 Å². The number of imidazole rings is 1. The SMILES string of the molecule is CC=CC(=O)Nc1ncc[nH]1. The van der Waals surface area contributed by atoms with Gasteiger partial charge in [0.1, 0.15) is 0 Å². The summed E-state index contributed by atoms with van der Waals surface area (Å²) in [6, 6.07) is 0. The molecule has 0 aliphatic heterocycles. The van der Waals surface area contributed by atoms with Crippen molar-refractivity contribution in [2.75, 3.05) is 5.32 Å². The minimum atomic E-state index is -0.178. The summed E-state index contributed by atoms with van der Waals surface area (Å²) in [5.41, 5.74) is 0. The smallest absolute Gasteiger partial charge is 0.250 e. The Labute approximate surface area is 64.3 Å². The van der Waals surface area contributed by atoms with Crippen LogP contribution in [0.4, 0.5) is 5.95 Å². The summed E-state index contributed by atoms with van der Waals surface area (Å²) in [4.78, 5) is 17.4. The number of allylic oxidation sites excluding steroid dienone is 1. The van der Waals surface area contributed by atoms with Crippen molar-refractivity contribution in [1.29, 1.82) is 0 Å². The average Bonchev–Trinajstić information content (AvgIpc) is 2.40. The summed E-state index contributed by atoms with van der Waals surface area (Å²) in [6.45, 7) is 1.78. The molecule has 0 saturated carbocycles. The van der Waals surface area contributed by atoms with E-state index in [9.17, 15) is 4.79 Å². The lowest BCUT2D eigenvalue weighted by Gasteiger charge is -1.93. The summed E-state index contributed by atoms with van der Waals surface area (Å²) in [5.74, 6) is 0.288. The van der Waals surface area contributed by atoms with Gasteiger partial charge in [-0.25, -0.2) is 4.98 Å².